The van der Waals surface area contributed by atoms with Crippen LogP contribution < -0.4 is 10.1 Å². The van der Waals surface area contributed by atoms with Crippen LogP contribution in [0.4, 0.5) is 5.82 Å². The van der Waals surface area contributed by atoms with Crippen molar-refractivity contribution in [2.24, 2.45) is 0 Å². The van der Waals surface area contributed by atoms with E-state index in [2.05, 4.69) is 27.4 Å². The fourth-order valence-electron chi connectivity index (χ4n) is 2.02. The predicted molar refractivity (Wildman–Crippen MR) is 81.6 cm³/mol. The van der Waals surface area contributed by atoms with E-state index >= 15 is 0 Å². The second-order valence-electron chi connectivity index (χ2n) is 4.54. The van der Waals surface area contributed by atoms with Crippen LogP contribution in [0.5, 0.6) is 5.88 Å². The van der Waals surface area contributed by atoms with Crippen molar-refractivity contribution in [3.8, 4) is 5.88 Å². The number of anilines is 1. The number of halogens is 1. The summed E-state index contributed by atoms with van der Waals surface area (Å²) in [5.74, 6) is 1.84. The van der Waals surface area contributed by atoms with Crippen LogP contribution in [0.15, 0.2) is 36.7 Å². The minimum atomic E-state index is 0.109. The Kier molecular flexibility index (Phi) is 5.18. The van der Waals surface area contributed by atoms with E-state index in [0.29, 0.717) is 11.8 Å². The molecule has 0 radical (unpaired) electrons. The summed E-state index contributed by atoms with van der Waals surface area (Å²) >= 11 is 6.06. The van der Waals surface area contributed by atoms with Crippen LogP contribution in [0.1, 0.15) is 11.1 Å². The van der Waals surface area contributed by atoms with E-state index in [4.69, 9.17) is 16.3 Å². The molecule has 0 bridgehead atoms. The molecule has 0 aliphatic carbocycles. The predicted octanol–water partition coefficient (Wildman–Crippen LogP) is 3.06. The molecule has 0 amide bonds. The van der Waals surface area contributed by atoms with E-state index in [1.165, 1.54) is 11.9 Å². The van der Waals surface area contributed by atoms with Crippen molar-refractivity contribution < 1.29 is 4.74 Å². The Bertz CT molecular complexity index is 548. The Labute approximate surface area is 124 Å². The average molecular weight is 292 g/mol. The van der Waals surface area contributed by atoms with Crippen molar-refractivity contribution in [3.63, 3.8) is 0 Å². The van der Waals surface area contributed by atoms with Crippen LogP contribution in [0, 0.1) is 6.92 Å². The Morgan fingerprint density at radius 1 is 1.25 bits per heavy atom. The molecule has 0 aliphatic rings. The summed E-state index contributed by atoms with van der Waals surface area (Å²) in [4.78, 5) is 8.32. The number of rotatable bonds is 6. The molecule has 2 aromatic rings. The molecule has 20 heavy (non-hydrogen) atoms. The second-order valence-corrected chi connectivity index (χ2v) is 4.85. The highest BCUT2D eigenvalue weighted by atomic mass is 35.5. The Morgan fingerprint density at radius 2 is 2.00 bits per heavy atom. The molecule has 1 atom stereocenters. The molecule has 1 aromatic carbocycles. The van der Waals surface area contributed by atoms with Gasteiger partial charge in [0.15, 0.2) is 0 Å². The first-order chi connectivity index (χ1) is 9.74. The van der Waals surface area contributed by atoms with Gasteiger partial charge >= 0.3 is 0 Å². The largest absolute Gasteiger partial charge is 0.481 e. The fourth-order valence-corrected chi connectivity index (χ4v) is 2.21. The van der Waals surface area contributed by atoms with Crippen LogP contribution >= 0.6 is 11.6 Å². The normalized spacial score (nSPS) is 11.9. The van der Waals surface area contributed by atoms with Gasteiger partial charge in [-0.2, -0.15) is 0 Å². The van der Waals surface area contributed by atoms with Crippen molar-refractivity contribution >= 4 is 17.4 Å². The van der Waals surface area contributed by atoms with Gasteiger partial charge in [-0.15, -0.1) is 11.6 Å². The number of ether oxygens (including phenoxy) is 1. The van der Waals surface area contributed by atoms with E-state index in [1.807, 2.05) is 25.1 Å². The summed E-state index contributed by atoms with van der Waals surface area (Å²) in [5.41, 5.74) is 2.13. The summed E-state index contributed by atoms with van der Waals surface area (Å²) < 4.78 is 5.20. The van der Waals surface area contributed by atoms with Crippen LogP contribution in [-0.2, 0) is 6.42 Å². The molecule has 0 fully saturated rings. The second kappa shape index (κ2) is 7.10. The van der Waals surface area contributed by atoms with Crippen molar-refractivity contribution in [2.45, 2.75) is 19.4 Å². The van der Waals surface area contributed by atoms with Gasteiger partial charge in [-0.05, 0) is 18.9 Å². The van der Waals surface area contributed by atoms with Gasteiger partial charge < -0.3 is 10.1 Å². The van der Waals surface area contributed by atoms with Crippen molar-refractivity contribution in [1.29, 1.82) is 0 Å². The van der Waals surface area contributed by atoms with Crippen LogP contribution in [0.25, 0.3) is 0 Å². The maximum Gasteiger partial charge on any atom is 0.221 e. The monoisotopic (exact) mass is 291 g/mol. The molecule has 2 rings (SSSR count). The summed E-state index contributed by atoms with van der Waals surface area (Å²) in [6.45, 7) is 1.93. The third-order valence-corrected chi connectivity index (χ3v) is 3.46. The molecule has 0 saturated carbocycles. The molecule has 4 nitrogen and oxygen atoms in total. The summed E-state index contributed by atoms with van der Waals surface area (Å²) in [6, 6.07) is 10.4. The van der Waals surface area contributed by atoms with Crippen LogP contribution in [0.2, 0.25) is 0 Å². The quantitative estimate of drug-likeness (QED) is 0.831. The number of benzene rings is 1. The zero-order valence-electron chi connectivity index (χ0n) is 11.6. The maximum absolute atomic E-state index is 6.06. The van der Waals surface area contributed by atoms with E-state index in [1.54, 1.807) is 7.11 Å². The highest BCUT2D eigenvalue weighted by molar-refractivity contribution is 6.18. The Balaban J connectivity index is 2.10. The van der Waals surface area contributed by atoms with E-state index in [-0.39, 0.29) is 6.04 Å². The highest BCUT2D eigenvalue weighted by Crippen LogP contribution is 2.21. The number of methoxy groups -OCH3 is 1. The van der Waals surface area contributed by atoms with Crippen LogP contribution in [-0.4, -0.2) is 29.0 Å². The smallest absolute Gasteiger partial charge is 0.221 e. The number of hydrogen-bond donors (Lipinski definition) is 1. The number of alkyl halides is 1. The minimum absolute atomic E-state index is 0.109. The van der Waals surface area contributed by atoms with Gasteiger partial charge in [0.25, 0.3) is 0 Å². The van der Waals surface area contributed by atoms with Gasteiger partial charge in [-0.25, -0.2) is 9.97 Å². The molecule has 106 valence electrons. The molecule has 1 heterocycles. The lowest BCUT2D eigenvalue weighted by Gasteiger charge is -2.18. The lowest BCUT2D eigenvalue weighted by atomic mass is 10.1. The lowest BCUT2D eigenvalue weighted by molar-refractivity contribution is 0.393. The topological polar surface area (TPSA) is 47.0 Å². The number of hydrogen-bond acceptors (Lipinski definition) is 4. The zero-order valence-corrected chi connectivity index (χ0v) is 12.4. The summed E-state index contributed by atoms with van der Waals surface area (Å²) in [5, 5.41) is 3.36. The van der Waals surface area contributed by atoms with Crippen molar-refractivity contribution in [1.82, 2.24) is 9.97 Å². The van der Waals surface area contributed by atoms with Gasteiger partial charge in [-0.3, -0.25) is 0 Å². The zero-order chi connectivity index (χ0) is 14.4. The first-order valence-corrected chi connectivity index (χ1v) is 7.00. The number of nitrogens with one attached hydrogen (secondary N) is 1. The van der Waals surface area contributed by atoms with Gasteiger partial charge in [0.1, 0.15) is 12.1 Å². The minimum Gasteiger partial charge on any atom is -0.481 e. The standard InChI is InChI=1S/C15H18ClN3O/c1-11-14(17-10-18-15(11)20-2)19-13(9-16)8-12-6-4-3-5-7-12/h3-7,10,13H,8-9H2,1-2H3,(H,17,18,19). The first kappa shape index (κ1) is 14.6. The highest BCUT2D eigenvalue weighted by Gasteiger charge is 2.13. The SMILES string of the molecule is COc1ncnc(NC(CCl)Cc2ccccc2)c1C. The molecule has 1 N–H and O–H groups in total. The molecule has 1 unspecified atom stereocenters. The third kappa shape index (κ3) is 3.61. The molecule has 0 aliphatic heterocycles. The van der Waals surface area contributed by atoms with Crippen molar-refractivity contribution in [3.05, 3.63) is 47.8 Å². The van der Waals surface area contributed by atoms with Gasteiger partial charge in [-0.1, -0.05) is 30.3 Å². The molecular weight excluding hydrogens is 274 g/mol. The number of nitrogens with zero attached hydrogens (tertiary/aromatic N) is 2. The molecule has 1 aromatic heterocycles. The first-order valence-electron chi connectivity index (χ1n) is 6.46. The molecular formula is C15H18ClN3O. The molecule has 5 heteroatoms. The van der Waals surface area contributed by atoms with Crippen molar-refractivity contribution in [2.75, 3.05) is 18.3 Å². The number of aromatic nitrogens is 2. The van der Waals surface area contributed by atoms with Crippen LogP contribution in [0.3, 0.4) is 0 Å². The molecule has 0 spiro atoms. The molecule has 0 saturated heterocycles. The maximum atomic E-state index is 6.06. The fraction of sp³-hybridized carbons (Fsp3) is 0.333. The lowest BCUT2D eigenvalue weighted by Crippen LogP contribution is -2.25. The average Bonchev–Trinajstić information content (AvgIpc) is 2.49. The van der Waals surface area contributed by atoms with E-state index in [9.17, 15) is 0 Å². The van der Waals surface area contributed by atoms with Gasteiger partial charge in [0.2, 0.25) is 5.88 Å². The van der Waals surface area contributed by atoms with Gasteiger partial charge in [0, 0.05) is 11.9 Å². The third-order valence-electron chi connectivity index (χ3n) is 3.08. The summed E-state index contributed by atoms with van der Waals surface area (Å²) in [7, 11) is 1.60. The van der Waals surface area contributed by atoms with E-state index in [0.717, 1.165) is 17.8 Å². The van der Waals surface area contributed by atoms with E-state index < -0.39 is 0 Å². The van der Waals surface area contributed by atoms with Gasteiger partial charge in [0.05, 0.1) is 12.7 Å². The summed E-state index contributed by atoms with van der Waals surface area (Å²) in [6.07, 6.45) is 2.33. The Morgan fingerprint density at radius 3 is 2.65 bits per heavy atom. The Hall–Kier alpha value is -1.81.